The van der Waals surface area contributed by atoms with Gasteiger partial charge in [0.15, 0.2) is 0 Å². The second kappa shape index (κ2) is 3.44. The Hall–Kier alpha value is -0.920. The number of alkyl halides is 5. The second-order valence-electron chi connectivity index (χ2n) is 2.23. The molecule has 0 saturated heterocycles. The molecule has 0 rings (SSSR count). The van der Waals surface area contributed by atoms with Gasteiger partial charge in [0.2, 0.25) is 0 Å². The fraction of sp³-hybridized carbons (Fsp3) is 0.800. The van der Waals surface area contributed by atoms with Crippen LogP contribution in [-0.2, 0) is 4.79 Å². The standard InChI is InChI=1S/C5H5F5O3/c6-4(7,5(8,9)10)2(11)1-3(12)13/h2,11H,1H2,(H,12,13)/t2-/m0/s1. The Kier molecular flexibility index (Phi) is 3.20. The Balaban J connectivity index is 4.54. The number of carboxylic acid groups (broad SMARTS) is 1. The Morgan fingerprint density at radius 3 is 1.85 bits per heavy atom. The highest BCUT2D eigenvalue weighted by Gasteiger charge is 2.62. The van der Waals surface area contributed by atoms with Crippen LogP contribution in [-0.4, -0.2) is 34.4 Å². The summed E-state index contributed by atoms with van der Waals surface area (Å²) in [4.78, 5) is 9.72. The number of carbonyl (C=O) groups is 1. The zero-order chi connectivity index (χ0) is 10.9. The number of aliphatic carboxylic acids is 1. The molecule has 78 valence electrons. The Morgan fingerprint density at radius 2 is 1.62 bits per heavy atom. The van der Waals surface area contributed by atoms with Gasteiger partial charge in [0.05, 0.1) is 6.42 Å². The van der Waals surface area contributed by atoms with Crippen molar-refractivity contribution in [1.82, 2.24) is 0 Å². The molecule has 3 nitrogen and oxygen atoms in total. The number of rotatable bonds is 3. The van der Waals surface area contributed by atoms with Gasteiger partial charge in [-0.15, -0.1) is 0 Å². The first-order valence-corrected chi connectivity index (χ1v) is 2.93. The third kappa shape index (κ3) is 2.79. The molecule has 0 spiro atoms. The fourth-order valence-electron chi connectivity index (χ4n) is 0.483. The maximum absolute atomic E-state index is 12.0. The number of halogens is 5. The fourth-order valence-corrected chi connectivity index (χ4v) is 0.483. The van der Waals surface area contributed by atoms with Crippen molar-refractivity contribution in [3.63, 3.8) is 0 Å². The summed E-state index contributed by atoms with van der Waals surface area (Å²) >= 11 is 0. The molecule has 0 aromatic heterocycles. The Morgan fingerprint density at radius 1 is 1.23 bits per heavy atom. The van der Waals surface area contributed by atoms with Gasteiger partial charge in [-0.3, -0.25) is 4.79 Å². The van der Waals surface area contributed by atoms with E-state index in [1.165, 1.54) is 0 Å². The molecular formula is C5H5F5O3. The smallest absolute Gasteiger partial charge is 0.456 e. The molecule has 0 unspecified atom stereocenters. The molecule has 0 bridgehead atoms. The molecule has 0 saturated carbocycles. The first-order valence-electron chi connectivity index (χ1n) is 2.93. The summed E-state index contributed by atoms with van der Waals surface area (Å²) in [6.45, 7) is 0. The lowest BCUT2D eigenvalue weighted by molar-refractivity contribution is -0.312. The molecule has 1 atom stereocenters. The first kappa shape index (κ1) is 12.1. The van der Waals surface area contributed by atoms with E-state index in [4.69, 9.17) is 10.2 Å². The second-order valence-corrected chi connectivity index (χ2v) is 2.23. The van der Waals surface area contributed by atoms with E-state index in [1.54, 1.807) is 0 Å². The highest BCUT2D eigenvalue weighted by molar-refractivity contribution is 5.67. The molecule has 0 aromatic carbocycles. The molecule has 13 heavy (non-hydrogen) atoms. The topological polar surface area (TPSA) is 57.5 Å². The summed E-state index contributed by atoms with van der Waals surface area (Å²) in [5.41, 5.74) is 0. The van der Waals surface area contributed by atoms with Gasteiger partial charge < -0.3 is 10.2 Å². The lowest BCUT2D eigenvalue weighted by atomic mass is 10.1. The first-order chi connectivity index (χ1) is 5.59. The van der Waals surface area contributed by atoms with Crippen molar-refractivity contribution >= 4 is 5.97 Å². The lowest BCUT2D eigenvalue weighted by Crippen LogP contribution is -2.47. The zero-order valence-corrected chi connectivity index (χ0v) is 5.98. The Bertz CT molecular complexity index is 199. The monoisotopic (exact) mass is 208 g/mol. The lowest BCUT2D eigenvalue weighted by Gasteiger charge is -2.23. The molecule has 2 N–H and O–H groups in total. The number of aliphatic hydroxyl groups excluding tert-OH is 1. The number of hydrogen-bond acceptors (Lipinski definition) is 2. The predicted molar refractivity (Wildman–Crippen MR) is 29.3 cm³/mol. The average Bonchev–Trinajstić information content (AvgIpc) is 1.82. The van der Waals surface area contributed by atoms with Crippen molar-refractivity contribution in [2.24, 2.45) is 0 Å². The van der Waals surface area contributed by atoms with Gasteiger partial charge in [-0.1, -0.05) is 0 Å². The molecule has 0 aliphatic heterocycles. The highest BCUT2D eigenvalue weighted by Crippen LogP contribution is 2.38. The molecule has 8 heteroatoms. The number of aliphatic hydroxyl groups is 1. The van der Waals surface area contributed by atoms with Crippen molar-refractivity contribution in [3.8, 4) is 0 Å². The summed E-state index contributed by atoms with van der Waals surface area (Å²) in [6.07, 6.45) is -10.9. The van der Waals surface area contributed by atoms with Crippen LogP contribution in [0.3, 0.4) is 0 Å². The summed E-state index contributed by atoms with van der Waals surface area (Å²) in [5, 5.41) is 16.1. The average molecular weight is 208 g/mol. The predicted octanol–water partition coefficient (Wildman–Crippen LogP) is 1.02. The van der Waals surface area contributed by atoms with Gasteiger partial charge in [-0.25, -0.2) is 0 Å². The van der Waals surface area contributed by atoms with Crippen LogP contribution in [0.1, 0.15) is 6.42 Å². The summed E-state index contributed by atoms with van der Waals surface area (Å²) in [6, 6.07) is 0. The van der Waals surface area contributed by atoms with Crippen molar-refractivity contribution in [2.75, 3.05) is 0 Å². The van der Waals surface area contributed by atoms with E-state index in [1.807, 2.05) is 0 Å². The normalized spacial score (nSPS) is 15.5. The highest BCUT2D eigenvalue weighted by atomic mass is 19.4. The third-order valence-corrected chi connectivity index (χ3v) is 1.16. The third-order valence-electron chi connectivity index (χ3n) is 1.16. The van der Waals surface area contributed by atoms with Crippen LogP contribution in [0.2, 0.25) is 0 Å². The molecular weight excluding hydrogens is 203 g/mol. The molecule has 0 heterocycles. The largest absolute Gasteiger partial charge is 0.481 e. The molecule has 0 amide bonds. The van der Waals surface area contributed by atoms with Crippen molar-refractivity contribution in [2.45, 2.75) is 24.6 Å². The van der Waals surface area contributed by atoms with Crippen LogP contribution in [0.15, 0.2) is 0 Å². The zero-order valence-electron chi connectivity index (χ0n) is 5.98. The van der Waals surface area contributed by atoms with Crippen LogP contribution in [0.4, 0.5) is 22.0 Å². The summed E-state index contributed by atoms with van der Waals surface area (Å²) in [5.74, 6) is -7.33. The quantitative estimate of drug-likeness (QED) is 0.680. The maximum Gasteiger partial charge on any atom is 0.456 e. The van der Waals surface area contributed by atoms with E-state index < -0.39 is 30.6 Å². The van der Waals surface area contributed by atoms with E-state index >= 15 is 0 Å². The molecule has 0 aliphatic carbocycles. The molecule has 0 radical (unpaired) electrons. The van der Waals surface area contributed by atoms with Crippen molar-refractivity contribution < 1.29 is 37.0 Å². The molecule has 0 aromatic rings. The minimum Gasteiger partial charge on any atom is -0.481 e. The van der Waals surface area contributed by atoms with Gasteiger partial charge in [-0.2, -0.15) is 22.0 Å². The maximum atomic E-state index is 12.0. The van der Waals surface area contributed by atoms with Crippen LogP contribution < -0.4 is 0 Å². The van der Waals surface area contributed by atoms with Crippen molar-refractivity contribution in [3.05, 3.63) is 0 Å². The van der Waals surface area contributed by atoms with Crippen LogP contribution in [0.5, 0.6) is 0 Å². The van der Waals surface area contributed by atoms with Gasteiger partial charge >= 0.3 is 18.1 Å². The summed E-state index contributed by atoms with van der Waals surface area (Å²) < 4.78 is 58.4. The summed E-state index contributed by atoms with van der Waals surface area (Å²) in [7, 11) is 0. The molecule has 0 aliphatic rings. The van der Waals surface area contributed by atoms with Crippen LogP contribution in [0.25, 0.3) is 0 Å². The van der Waals surface area contributed by atoms with Gasteiger partial charge in [0.25, 0.3) is 0 Å². The minimum atomic E-state index is -5.94. The van der Waals surface area contributed by atoms with Crippen LogP contribution >= 0.6 is 0 Å². The van der Waals surface area contributed by atoms with E-state index in [-0.39, 0.29) is 0 Å². The van der Waals surface area contributed by atoms with Gasteiger partial charge in [0, 0.05) is 0 Å². The van der Waals surface area contributed by atoms with Crippen molar-refractivity contribution in [1.29, 1.82) is 0 Å². The Labute approximate surface area is 68.8 Å². The van der Waals surface area contributed by atoms with E-state index in [9.17, 15) is 26.7 Å². The van der Waals surface area contributed by atoms with Gasteiger partial charge in [0.1, 0.15) is 6.10 Å². The van der Waals surface area contributed by atoms with Crippen LogP contribution in [0, 0.1) is 0 Å². The SMILES string of the molecule is O=C(O)C[C@H](O)C(F)(F)C(F)(F)F. The number of hydrogen-bond donors (Lipinski definition) is 2. The minimum absolute atomic E-state index is 1.66. The molecule has 0 fully saturated rings. The van der Waals surface area contributed by atoms with E-state index in [0.29, 0.717) is 0 Å². The van der Waals surface area contributed by atoms with E-state index in [2.05, 4.69) is 0 Å². The van der Waals surface area contributed by atoms with E-state index in [0.717, 1.165) is 0 Å². The van der Waals surface area contributed by atoms with Gasteiger partial charge in [-0.05, 0) is 0 Å². The number of carboxylic acids is 1.